The van der Waals surface area contributed by atoms with Crippen LogP contribution in [-0.2, 0) is 20.7 Å². The quantitative estimate of drug-likeness (QED) is 0.252. The number of Topliss-reactive ketones (excluding diaryl/α,β-unsaturated/α-hetero) is 1. The molecule has 0 unspecified atom stereocenters. The van der Waals surface area contributed by atoms with E-state index in [9.17, 15) is 19.8 Å². The van der Waals surface area contributed by atoms with Crippen LogP contribution in [0.1, 0.15) is 31.7 Å². The largest absolute Gasteiger partial charge is 0.468 e. The molecule has 184 valence electrons. The van der Waals surface area contributed by atoms with Gasteiger partial charge in [-0.3, -0.25) is 9.59 Å². The average Bonchev–Trinajstić information content (AvgIpc) is 3.10. The van der Waals surface area contributed by atoms with E-state index in [0.717, 1.165) is 24.3 Å². The molecule has 1 aliphatic rings. The highest BCUT2D eigenvalue weighted by molar-refractivity contribution is 8.01. The Hall–Kier alpha value is -1.80. The monoisotopic (exact) mass is 502 g/mol. The maximum Gasteiger partial charge on any atom is 0.315 e. The van der Waals surface area contributed by atoms with Crippen molar-refractivity contribution in [3.8, 4) is 0 Å². The fraction of sp³-hybridized carbons (Fsp3) is 0.481. The van der Waals surface area contributed by atoms with Crippen molar-refractivity contribution in [2.45, 2.75) is 49.6 Å². The minimum Gasteiger partial charge on any atom is -0.468 e. The van der Waals surface area contributed by atoms with Crippen LogP contribution in [0.4, 0.5) is 0 Å². The third-order valence-corrected chi connectivity index (χ3v) is 8.64. The second-order valence-electron chi connectivity index (χ2n) is 8.94. The molecule has 0 aromatic heterocycles. The van der Waals surface area contributed by atoms with Crippen molar-refractivity contribution in [3.05, 3.63) is 60.2 Å². The second-order valence-corrected chi connectivity index (χ2v) is 11.3. The minimum absolute atomic E-state index is 0.0600. The molecule has 0 amide bonds. The number of rotatable bonds is 12. The zero-order chi connectivity index (χ0) is 24.6. The highest BCUT2D eigenvalue weighted by Gasteiger charge is 2.40. The second kappa shape index (κ2) is 12.8. The number of methoxy groups -OCH3 is 1. The van der Waals surface area contributed by atoms with Crippen molar-refractivity contribution in [2.24, 2.45) is 5.92 Å². The summed E-state index contributed by atoms with van der Waals surface area (Å²) >= 11 is 3.08. The first-order valence-electron chi connectivity index (χ1n) is 11.7. The molecular weight excluding hydrogens is 468 g/mol. The number of benzene rings is 2. The first-order chi connectivity index (χ1) is 16.3. The Morgan fingerprint density at radius 1 is 1.21 bits per heavy atom. The number of ether oxygens (including phenoxy) is 1. The number of aliphatic hydroxyl groups is 2. The SMILES string of the molecule is COC(=O)CSCCCS[C@H]1C(=O)C[C@@H](O)[C@@H]1/C=C/[C@@](C)(O)CCc1cccc2ccccc12. The van der Waals surface area contributed by atoms with Gasteiger partial charge in [0.2, 0.25) is 0 Å². The lowest BCUT2D eigenvalue weighted by atomic mass is 9.92. The average molecular weight is 503 g/mol. The number of hydrogen-bond acceptors (Lipinski definition) is 7. The molecule has 4 atom stereocenters. The lowest BCUT2D eigenvalue weighted by Crippen LogP contribution is -2.25. The molecule has 0 radical (unpaired) electrons. The standard InChI is InChI=1S/C27H34O5S2/c1-27(31,13-11-20-9-5-8-19-7-3-4-10-21(19)20)14-12-22-23(28)17-24(29)26(22)34-16-6-15-33-18-25(30)32-2/h3-5,7-10,12,14,22-23,26,28,31H,6,11,13,15-18H2,1-2H3/b14-12+/t22-,23+,26+,27-/m0/s1. The number of esters is 1. The normalized spacial score (nSPS) is 22.4. The van der Waals surface area contributed by atoms with E-state index in [2.05, 4.69) is 29.0 Å². The summed E-state index contributed by atoms with van der Waals surface area (Å²) in [6, 6.07) is 14.5. The number of thioether (sulfide) groups is 2. The maximum atomic E-state index is 12.5. The third-order valence-electron chi connectivity index (χ3n) is 6.16. The van der Waals surface area contributed by atoms with E-state index < -0.39 is 11.7 Å². The van der Waals surface area contributed by atoms with Crippen LogP contribution in [0, 0.1) is 5.92 Å². The first kappa shape index (κ1) is 26.8. The fourth-order valence-corrected chi connectivity index (χ4v) is 6.50. The van der Waals surface area contributed by atoms with Gasteiger partial charge in [0, 0.05) is 12.3 Å². The summed E-state index contributed by atoms with van der Waals surface area (Å²) in [7, 11) is 1.38. The van der Waals surface area contributed by atoms with E-state index in [1.165, 1.54) is 35.2 Å². The minimum atomic E-state index is -1.04. The Morgan fingerprint density at radius 2 is 1.97 bits per heavy atom. The van der Waals surface area contributed by atoms with Gasteiger partial charge in [-0.25, -0.2) is 0 Å². The van der Waals surface area contributed by atoms with E-state index in [4.69, 9.17) is 0 Å². The molecule has 2 N–H and O–H groups in total. The molecule has 7 heteroatoms. The van der Waals surface area contributed by atoms with Gasteiger partial charge in [0.25, 0.3) is 0 Å². The van der Waals surface area contributed by atoms with Gasteiger partial charge in [0.15, 0.2) is 0 Å². The van der Waals surface area contributed by atoms with Crippen LogP contribution in [0.5, 0.6) is 0 Å². The summed E-state index contributed by atoms with van der Waals surface area (Å²) in [5.41, 5.74) is 0.156. The Bertz CT molecular complexity index is 998. The topological polar surface area (TPSA) is 83.8 Å². The number of carbonyl (C=O) groups is 2. The van der Waals surface area contributed by atoms with Crippen LogP contribution in [-0.4, -0.2) is 63.3 Å². The van der Waals surface area contributed by atoms with Gasteiger partial charge >= 0.3 is 5.97 Å². The summed E-state index contributed by atoms with van der Waals surface area (Å²) in [4.78, 5) is 23.6. The van der Waals surface area contributed by atoms with Gasteiger partial charge in [-0.1, -0.05) is 54.6 Å². The van der Waals surface area contributed by atoms with Crippen molar-refractivity contribution in [3.63, 3.8) is 0 Å². The number of aliphatic hydroxyl groups excluding tert-OH is 1. The van der Waals surface area contributed by atoms with Crippen molar-refractivity contribution < 1.29 is 24.5 Å². The lowest BCUT2D eigenvalue weighted by molar-refractivity contribution is -0.137. The van der Waals surface area contributed by atoms with Gasteiger partial charge in [0.1, 0.15) is 5.78 Å². The molecule has 0 saturated heterocycles. The van der Waals surface area contributed by atoms with Crippen LogP contribution in [0.2, 0.25) is 0 Å². The zero-order valence-electron chi connectivity index (χ0n) is 19.8. The predicted octanol–water partition coefficient (Wildman–Crippen LogP) is 4.43. The van der Waals surface area contributed by atoms with Gasteiger partial charge in [-0.15, -0.1) is 11.8 Å². The molecule has 0 heterocycles. The molecule has 1 saturated carbocycles. The van der Waals surface area contributed by atoms with E-state index in [1.54, 1.807) is 24.8 Å². The molecule has 5 nitrogen and oxygen atoms in total. The molecule has 0 bridgehead atoms. The first-order valence-corrected chi connectivity index (χ1v) is 13.9. The Balaban J connectivity index is 1.53. The van der Waals surface area contributed by atoms with Crippen LogP contribution < -0.4 is 0 Å². The summed E-state index contributed by atoms with van der Waals surface area (Å²) in [5, 5.41) is 23.5. The zero-order valence-corrected chi connectivity index (χ0v) is 21.4. The molecule has 2 aromatic carbocycles. The highest BCUT2D eigenvalue weighted by atomic mass is 32.2. The van der Waals surface area contributed by atoms with Gasteiger partial charge < -0.3 is 14.9 Å². The van der Waals surface area contributed by atoms with Crippen molar-refractivity contribution >= 4 is 46.0 Å². The summed E-state index contributed by atoms with van der Waals surface area (Å²) in [5.74, 6) is 1.45. The van der Waals surface area contributed by atoms with Crippen molar-refractivity contribution in [1.82, 2.24) is 0 Å². The van der Waals surface area contributed by atoms with Crippen molar-refractivity contribution in [2.75, 3.05) is 24.4 Å². The number of aryl methyl sites for hydroxylation is 1. The van der Waals surface area contributed by atoms with E-state index in [-0.39, 0.29) is 29.3 Å². The van der Waals surface area contributed by atoms with Crippen LogP contribution in [0.25, 0.3) is 10.8 Å². The van der Waals surface area contributed by atoms with Crippen LogP contribution >= 0.6 is 23.5 Å². The van der Waals surface area contributed by atoms with Crippen LogP contribution in [0.3, 0.4) is 0 Å². The number of carbonyl (C=O) groups excluding carboxylic acids is 2. The van der Waals surface area contributed by atoms with Crippen LogP contribution in [0.15, 0.2) is 54.6 Å². The van der Waals surface area contributed by atoms with E-state index >= 15 is 0 Å². The highest BCUT2D eigenvalue weighted by Crippen LogP contribution is 2.35. The number of hydrogen-bond donors (Lipinski definition) is 2. The van der Waals surface area contributed by atoms with Gasteiger partial charge in [-0.05, 0) is 54.0 Å². The number of ketones is 1. The number of fused-ring (bicyclic) bond motifs is 1. The molecule has 0 aliphatic heterocycles. The summed E-state index contributed by atoms with van der Waals surface area (Å²) in [6.07, 6.45) is 5.17. The lowest BCUT2D eigenvalue weighted by Gasteiger charge is -2.22. The Morgan fingerprint density at radius 3 is 2.76 bits per heavy atom. The molecule has 2 aromatic rings. The van der Waals surface area contributed by atoms with Gasteiger partial charge in [-0.2, -0.15) is 11.8 Å². The van der Waals surface area contributed by atoms with E-state index in [1.807, 2.05) is 24.3 Å². The Kier molecular flexibility index (Phi) is 10.1. The molecule has 1 aliphatic carbocycles. The maximum absolute atomic E-state index is 12.5. The predicted molar refractivity (Wildman–Crippen MR) is 141 cm³/mol. The van der Waals surface area contributed by atoms with Crippen molar-refractivity contribution in [1.29, 1.82) is 0 Å². The summed E-state index contributed by atoms with van der Waals surface area (Å²) < 4.78 is 4.63. The molecule has 1 fully saturated rings. The summed E-state index contributed by atoms with van der Waals surface area (Å²) in [6.45, 7) is 1.78. The third kappa shape index (κ3) is 7.60. The van der Waals surface area contributed by atoms with E-state index in [0.29, 0.717) is 12.2 Å². The Labute approximate surface area is 210 Å². The fourth-order valence-electron chi connectivity index (χ4n) is 4.19. The molecule has 0 spiro atoms. The molecular formula is C27H34O5S2. The molecule has 34 heavy (non-hydrogen) atoms. The smallest absolute Gasteiger partial charge is 0.315 e. The van der Waals surface area contributed by atoms with Gasteiger partial charge in [0.05, 0.1) is 29.8 Å². The molecule has 3 rings (SSSR count).